The third-order valence-electron chi connectivity index (χ3n) is 12.7. The van der Waals surface area contributed by atoms with Gasteiger partial charge < -0.3 is 69.3 Å². The second kappa shape index (κ2) is 31.6. The third-order valence-corrected chi connectivity index (χ3v) is 15.2. The number of primary amides is 1. The SMILES string of the molecule is CCCC[C@H](NC(C)=O)C(=O)N[C@H]1CSSC[C@@H](C(N)=O)NC(=O)[C@H](CCCC)NC(=O)[C@H](Cc2c[nH]c3ccccc23)NC(=O)[C@H](CCCNC(=N)N)NC(=O)[C@@H](Cc2ccccc2)NC(=O)[C@H](Cc2c[nH]cn2)NC1=O. The molecule has 9 amide bonds. The lowest BCUT2D eigenvalue weighted by atomic mass is 10.0. The molecule has 1 fully saturated rings. The van der Waals surface area contributed by atoms with Crippen LogP contribution in [0.2, 0.25) is 0 Å². The molecule has 0 aliphatic carbocycles. The number of aromatic amines is 2. The number of para-hydroxylation sites is 1. The molecule has 0 radical (unpaired) electrons. The Hall–Kier alpha value is -7.61. The van der Waals surface area contributed by atoms with E-state index >= 15 is 0 Å². The Morgan fingerprint density at radius 3 is 1.90 bits per heavy atom. The number of unbranched alkanes of at least 4 members (excludes halogenated alkanes) is 2. The summed E-state index contributed by atoms with van der Waals surface area (Å²) in [6.45, 7) is 5.20. The number of amides is 9. The number of fused-ring (bicyclic) bond motifs is 1. The van der Waals surface area contributed by atoms with E-state index in [1.165, 1.54) is 19.4 Å². The fraction of sp³-hybridized carbons (Fsp3) is 0.481. The number of nitrogens with one attached hydrogen (secondary N) is 12. The molecule has 2 aromatic carbocycles. The van der Waals surface area contributed by atoms with Crippen LogP contribution in [0.1, 0.15) is 89.0 Å². The molecule has 26 heteroatoms. The van der Waals surface area contributed by atoms with Crippen molar-refractivity contribution in [2.45, 2.75) is 140 Å². The van der Waals surface area contributed by atoms with E-state index < -0.39 is 101 Å². The third kappa shape index (κ3) is 19.8. The number of rotatable bonds is 20. The number of imidazole rings is 1. The van der Waals surface area contributed by atoms with Gasteiger partial charge in [0, 0.05) is 67.5 Å². The lowest BCUT2D eigenvalue weighted by Crippen LogP contribution is -2.61. The normalized spacial score (nSPS) is 21.8. The van der Waals surface area contributed by atoms with E-state index in [0.717, 1.165) is 32.5 Å². The molecule has 1 aliphatic rings. The quantitative estimate of drug-likeness (QED) is 0.0246. The largest absolute Gasteiger partial charge is 0.370 e. The highest BCUT2D eigenvalue weighted by atomic mass is 33.1. The van der Waals surface area contributed by atoms with Crippen molar-refractivity contribution in [3.63, 3.8) is 0 Å². The van der Waals surface area contributed by atoms with Gasteiger partial charge in [-0.25, -0.2) is 4.98 Å². The van der Waals surface area contributed by atoms with E-state index in [1.54, 1.807) is 36.5 Å². The van der Waals surface area contributed by atoms with E-state index in [9.17, 15) is 43.2 Å². The van der Waals surface area contributed by atoms with Crippen LogP contribution in [-0.2, 0) is 62.4 Å². The highest BCUT2D eigenvalue weighted by Gasteiger charge is 2.36. The Bertz CT molecular complexity index is 2670. The predicted octanol–water partition coefficient (Wildman–Crippen LogP) is 0.341. The molecular formula is C52H73N15O9S2. The van der Waals surface area contributed by atoms with Crippen molar-refractivity contribution in [2.75, 3.05) is 18.1 Å². The van der Waals surface area contributed by atoms with Gasteiger partial charge in [-0.1, -0.05) is 110 Å². The van der Waals surface area contributed by atoms with Crippen LogP contribution in [-0.4, -0.2) is 140 Å². The molecule has 1 aliphatic heterocycles. The average Bonchev–Trinajstić information content (AvgIpc) is 4.10. The topological polar surface area (TPSA) is 382 Å². The first-order chi connectivity index (χ1) is 37.5. The van der Waals surface area contributed by atoms with Crippen molar-refractivity contribution in [2.24, 2.45) is 11.5 Å². The van der Waals surface area contributed by atoms with Crippen LogP contribution in [0.4, 0.5) is 0 Å². The maximum atomic E-state index is 14.8. The van der Waals surface area contributed by atoms with Crippen LogP contribution in [0, 0.1) is 5.41 Å². The van der Waals surface area contributed by atoms with E-state index in [1.807, 2.05) is 38.1 Å². The summed E-state index contributed by atoms with van der Waals surface area (Å²) < 4.78 is 0. The lowest BCUT2D eigenvalue weighted by Gasteiger charge is -2.28. The van der Waals surface area contributed by atoms with Crippen molar-refractivity contribution < 1.29 is 43.2 Å². The minimum absolute atomic E-state index is 0.0521. The van der Waals surface area contributed by atoms with Gasteiger partial charge in [-0.3, -0.25) is 48.6 Å². The van der Waals surface area contributed by atoms with Crippen LogP contribution in [0.15, 0.2) is 73.3 Å². The number of nitrogens with zero attached hydrogens (tertiary/aromatic N) is 1. The number of hydrogen-bond donors (Lipinski definition) is 14. The van der Waals surface area contributed by atoms with Gasteiger partial charge in [0.15, 0.2) is 5.96 Å². The standard InChI is InChI=1S/C52H73N15O9S2/c1-4-6-17-36(60-30(3)68)45(70)67-43-28-78-77-27-42(44(53)69)66-47(72)37(18-7-5-2)61-49(74)40(23-32-25-58-35-19-12-11-16-34(32)35)64-46(71)38(20-13-21-57-52(54)55)62-48(73)39(22-31-14-9-8-10-15-31)63-50(75)41(65-51(43)76)24-33-26-56-29-59-33/h8-12,14-16,19,25-26,29,36-43,58H,4-7,13,17-18,20-24,27-28H2,1-3H3,(H2,53,69)(H,56,59)(H,60,68)(H,61,74)(H,62,73)(H,63,75)(H,64,71)(H,65,76)(H,66,72)(H,67,70)(H4,54,55,57)/t36-,37-,38-,39+,40-,41-,42-,43-/m0/s1. The van der Waals surface area contributed by atoms with Crippen molar-refractivity contribution >= 4 is 91.6 Å². The van der Waals surface area contributed by atoms with Gasteiger partial charge in [-0.05, 0) is 42.9 Å². The average molecular weight is 1120 g/mol. The summed E-state index contributed by atoms with van der Waals surface area (Å²) in [5, 5.41) is 33.1. The second-order valence-corrected chi connectivity index (χ2v) is 21.5. The molecule has 78 heavy (non-hydrogen) atoms. The van der Waals surface area contributed by atoms with Gasteiger partial charge in [0.05, 0.1) is 12.0 Å². The monoisotopic (exact) mass is 1120 g/mol. The van der Waals surface area contributed by atoms with Crippen molar-refractivity contribution in [1.29, 1.82) is 5.41 Å². The van der Waals surface area contributed by atoms with Gasteiger partial charge in [0.25, 0.3) is 0 Å². The van der Waals surface area contributed by atoms with E-state index in [2.05, 4.69) is 62.8 Å². The fourth-order valence-electron chi connectivity index (χ4n) is 8.52. The van der Waals surface area contributed by atoms with Gasteiger partial charge in [-0.2, -0.15) is 0 Å². The molecule has 0 unspecified atom stereocenters. The molecule has 3 heterocycles. The number of hydrogen-bond acceptors (Lipinski definition) is 13. The minimum atomic E-state index is -1.42. The van der Waals surface area contributed by atoms with Crippen LogP contribution in [0.25, 0.3) is 10.9 Å². The zero-order valence-corrected chi connectivity index (χ0v) is 45.7. The lowest BCUT2D eigenvalue weighted by molar-refractivity contribution is -0.135. The van der Waals surface area contributed by atoms with Crippen LogP contribution >= 0.6 is 21.6 Å². The van der Waals surface area contributed by atoms with E-state index in [4.69, 9.17) is 16.9 Å². The first-order valence-corrected chi connectivity index (χ1v) is 28.5. The highest BCUT2D eigenvalue weighted by molar-refractivity contribution is 8.76. The zero-order chi connectivity index (χ0) is 56.6. The molecule has 4 aromatic rings. The van der Waals surface area contributed by atoms with E-state index in [-0.39, 0.29) is 69.0 Å². The van der Waals surface area contributed by atoms with E-state index in [0.29, 0.717) is 42.5 Å². The Labute approximate surface area is 460 Å². The Morgan fingerprint density at radius 2 is 1.27 bits per heavy atom. The Kier molecular flexibility index (Phi) is 24.8. The number of nitrogens with two attached hydrogens (primary N) is 2. The highest BCUT2D eigenvalue weighted by Crippen LogP contribution is 2.24. The number of benzene rings is 2. The number of H-pyrrole nitrogens is 2. The van der Waals surface area contributed by atoms with Gasteiger partial charge in [-0.15, -0.1) is 0 Å². The molecule has 24 nitrogen and oxygen atoms in total. The predicted molar refractivity (Wildman–Crippen MR) is 298 cm³/mol. The summed E-state index contributed by atoms with van der Waals surface area (Å²) in [5.41, 5.74) is 13.8. The molecule has 422 valence electrons. The molecule has 8 atom stereocenters. The van der Waals surface area contributed by atoms with Gasteiger partial charge in [0.2, 0.25) is 53.2 Å². The van der Waals surface area contributed by atoms with Gasteiger partial charge in [0.1, 0.15) is 48.3 Å². The van der Waals surface area contributed by atoms with Gasteiger partial charge >= 0.3 is 0 Å². The zero-order valence-electron chi connectivity index (χ0n) is 44.0. The number of guanidine groups is 1. The summed E-state index contributed by atoms with van der Waals surface area (Å²) in [6.07, 6.45) is 7.17. The van der Waals surface area contributed by atoms with Crippen LogP contribution < -0.4 is 59.3 Å². The number of aromatic nitrogens is 3. The first-order valence-electron chi connectivity index (χ1n) is 26.0. The smallest absolute Gasteiger partial charge is 0.244 e. The number of carbonyl (C=O) groups excluding carboxylic acids is 9. The summed E-state index contributed by atoms with van der Waals surface area (Å²) >= 11 is 0. The maximum Gasteiger partial charge on any atom is 0.244 e. The number of carbonyl (C=O) groups is 9. The van der Waals surface area contributed by atoms with Crippen LogP contribution in [0.5, 0.6) is 0 Å². The summed E-state index contributed by atoms with van der Waals surface area (Å²) in [5.74, 6) is -7.35. The minimum Gasteiger partial charge on any atom is -0.370 e. The summed E-state index contributed by atoms with van der Waals surface area (Å²) in [4.78, 5) is 137. The molecule has 0 spiro atoms. The Balaban J connectivity index is 1.60. The summed E-state index contributed by atoms with van der Waals surface area (Å²) in [7, 11) is 2.11. The molecular weight excluding hydrogens is 1040 g/mol. The van der Waals surface area contributed by atoms with Crippen molar-refractivity contribution in [1.82, 2.24) is 62.8 Å². The first kappa shape index (κ1) is 61.2. The van der Waals surface area contributed by atoms with Crippen molar-refractivity contribution in [3.8, 4) is 0 Å². The maximum absolute atomic E-state index is 14.8. The fourth-order valence-corrected chi connectivity index (χ4v) is 10.9. The summed E-state index contributed by atoms with van der Waals surface area (Å²) in [6, 6.07) is 5.74. The Morgan fingerprint density at radius 1 is 0.692 bits per heavy atom. The molecule has 1 saturated heterocycles. The van der Waals surface area contributed by atoms with Crippen LogP contribution in [0.3, 0.4) is 0 Å². The second-order valence-electron chi connectivity index (χ2n) is 18.9. The molecule has 0 saturated carbocycles. The van der Waals surface area contributed by atoms with Crippen molar-refractivity contribution in [3.05, 3.63) is 90.1 Å². The molecule has 5 rings (SSSR count). The molecule has 2 aromatic heterocycles. The molecule has 16 N–H and O–H groups in total. The molecule has 0 bridgehead atoms.